The molecule has 0 bridgehead atoms. The summed E-state index contributed by atoms with van der Waals surface area (Å²) in [7, 11) is -4.94. The highest BCUT2D eigenvalue weighted by atomic mass is 35.7. The molecule has 0 saturated carbocycles. The van der Waals surface area contributed by atoms with Crippen LogP contribution in [0.15, 0.2) is 36.4 Å². The van der Waals surface area contributed by atoms with Gasteiger partial charge in [-0.1, -0.05) is 12.1 Å². The Hall–Kier alpha value is -2.03. The average molecular weight is 342 g/mol. The number of hydrogen-bond acceptors (Lipinski definition) is 5. The fourth-order valence-corrected chi connectivity index (χ4v) is 2.34. The normalized spacial score (nSPS) is 10.7. The van der Waals surface area contributed by atoms with Crippen molar-refractivity contribution in [2.45, 2.75) is 20.8 Å². The highest BCUT2D eigenvalue weighted by Crippen LogP contribution is 2.12. The van der Waals surface area contributed by atoms with E-state index in [9.17, 15) is 9.90 Å². The molecule has 0 radical (unpaired) electrons. The quantitative estimate of drug-likeness (QED) is 0.618. The van der Waals surface area contributed by atoms with Crippen molar-refractivity contribution in [1.82, 2.24) is 0 Å². The number of aromatic carboxylic acids is 1. The zero-order valence-corrected chi connectivity index (χ0v) is 13.5. The minimum atomic E-state index is -4.94. The van der Waals surface area contributed by atoms with E-state index in [-0.39, 0.29) is 0 Å². The number of carboxylic acids is 1. The smallest absolute Gasteiger partial charge is 0.342 e. The Bertz CT molecular complexity index is 682. The summed E-state index contributed by atoms with van der Waals surface area (Å²) in [5, 5.41) is 9.25. The number of carboxylic acid groups (broad SMARTS) is 1. The van der Waals surface area contributed by atoms with Crippen LogP contribution in [0.25, 0.3) is 5.69 Å². The van der Waals surface area contributed by atoms with Gasteiger partial charge in [0.15, 0.2) is 11.4 Å². The molecule has 7 nitrogen and oxygen atoms in total. The van der Waals surface area contributed by atoms with Crippen molar-refractivity contribution in [3.63, 3.8) is 0 Å². The van der Waals surface area contributed by atoms with Crippen molar-refractivity contribution in [2.24, 2.45) is 0 Å². The van der Waals surface area contributed by atoms with E-state index in [1.165, 1.54) is 5.56 Å². The Balaban J connectivity index is 0.000000463. The second kappa shape index (κ2) is 7.49. The van der Waals surface area contributed by atoms with Gasteiger partial charge in [-0.05, 0) is 18.6 Å². The van der Waals surface area contributed by atoms with E-state index < -0.39 is 16.2 Å². The number of hydrogen-bond donors (Lipinski definition) is 1. The Morgan fingerprint density at radius 2 is 1.43 bits per heavy atom. The molecule has 0 amide bonds. The molecule has 1 aromatic carbocycles. The lowest BCUT2D eigenvalue weighted by Crippen LogP contribution is -2.68. The van der Waals surface area contributed by atoms with Crippen LogP contribution in [0, 0.1) is 31.0 Å². The number of halogens is 1. The van der Waals surface area contributed by atoms with Crippen LogP contribution in [0.1, 0.15) is 27.3 Å². The van der Waals surface area contributed by atoms with E-state index in [4.69, 9.17) is 18.6 Å². The molecule has 2 aromatic rings. The van der Waals surface area contributed by atoms with Gasteiger partial charge in [0.1, 0.15) is 5.56 Å². The predicted molar refractivity (Wildman–Crippen MR) is 69.1 cm³/mol. The molecule has 8 heteroatoms. The molecule has 0 aliphatic rings. The Morgan fingerprint density at radius 1 is 1.00 bits per heavy atom. The minimum absolute atomic E-state index is 0.317. The molecule has 1 aromatic heterocycles. The second-order valence-corrected chi connectivity index (χ2v) is 5.61. The van der Waals surface area contributed by atoms with Gasteiger partial charge < -0.3 is 5.11 Å². The summed E-state index contributed by atoms with van der Waals surface area (Å²) in [6, 6.07) is 11.2. The van der Waals surface area contributed by atoms with Crippen LogP contribution in [0.2, 0.25) is 0 Å². The third-order valence-electron chi connectivity index (χ3n) is 2.95. The van der Waals surface area contributed by atoms with Gasteiger partial charge in [0.2, 0.25) is 5.69 Å². The average Bonchev–Trinajstić information content (AvgIpc) is 2.35. The molecule has 0 aliphatic heterocycles. The zero-order valence-electron chi connectivity index (χ0n) is 12.8. The fraction of sp³-hybridized carbons (Fsp3) is 0.200. The van der Waals surface area contributed by atoms with E-state index in [2.05, 4.69) is 0 Å². The molecule has 0 spiro atoms. The minimum Gasteiger partial charge on any atom is -0.477 e. The van der Waals surface area contributed by atoms with Crippen molar-refractivity contribution in [2.75, 3.05) is 0 Å². The van der Waals surface area contributed by atoms with Crippen LogP contribution < -0.4 is 23.2 Å². The first kappa shape index (κ1) is 19.0. The van der Waals surface area contributed by atoms with Crippen LogP contribution in [0.3, 0.4) is 0 Å². The van der Waals surface area contributed by atoms with Crippen molar-refractivity contribution in [3.8, 4) is 5.69 Å². The lowest BCUT2D eigenvalue weighted by Gasteiger charge is -2.17. The summed E-state index contributed by atoms with van der Waals surface area (Å²) in [5.74, 6) is -0.905. The topological polar surface area (TPSA) is 133 Å². The maximum atomic E-state index is 11.3. The first-order chi connectivity index (χ1) is 10.5. The van der Waals surface area contributed by atoms with E-state index in [0.29, 0.717) is 11.3 Å². The molecule has 1 heterocycles. The lowest BCUT2D eigenvalue weighted by atomic mass is 10.1. The Labute approximate surface area is 135 Å². The Kier molecular flexibility index (Phi) is 6.20. The largest absolute Gasteiger partial charge is 0.477 e. The number of aromatic nitrogens is 1. The van der Waals surface area contributed by atoms with Gasteiger partial charge >= 0.3 is 5.97 Å². The summed E-state index contributed by atoms with van der Waals surface area (Å²) in [6.07, 6.45) is 0. The van der Waals surface area contributed by atoms with Gasteiger partial charge in [0.05, 0.1) is 0 Å². The summed E-state index contributed by atoms with van der Waals surface area (Å²) < 4.78 is 35.9. The fourth-order valence-electron chi connectivity index (χ4n) is 2.34. The van der Waals surface area contributed by atoms with Crippen LogP contribution in [0.4, 0.5) is 0 Å². The first-order valence-electron chi connectivity index (χ1n) is 6.45. The SMILES string of the molecule is Cc1cc(C)[n+](-c2ccccc2C(=O)O)c(C)c1.[O-][Cl+3]([O-])([O-])[O-]. The third kappa shape index (κ3) is 5.93. The highest BCUT2D eigenvalue weighted by Gasteiger charge is 2.21. The maximum absolute atomic E-state index is 11.3. The molecule has 2 rings (SSSR count). The predicted octanol–water partition coefficient (Wildman–Crippen LogP) is -2.17. The monoisotopic (exact) mass is 341 g/mol. The third-order valence-corrected chi connectivity index (χ3v) is 2.95. The number of benzene rings is 1. The zero-order chi connectivity index (χ0) is 17.8. The van der Waals surface area contributed by atoms with Gasteiger partial charge in [-0.3, -0.25) is 0 Å². The van der Waals surface area contributed by atoms with E-state index >= 15 is 0 Å². The van der Waals surface area contributed by atoms with Gasteiger partial charge in [-0.2, -0.15) is 4.57 Å². The number of nitrogens with zero attached hydrogens (tertiary/aromatic N) is 1. The van der Waals surface area contributed by atoms with E-state index in [1.807, 2.05) is 49.6 Å². The number of aryl methyl sites for hydroxylation is 3. The molecule has 124 valence electrons. The van der Waals surface area contributed by atoms with E-state index in [1.54, 1.807) is 12.1 Å². The van der Waals surface area contributed by atoms with Crippen molar-refractivity contribution in [3.05, 3.63) is 58.9 Å². The molecular formula is C15H16ClNO6. The Morgan fingerprint density at radius 3 is 1.87 bits per heavy atom. The second-order valence-electron chi connectivity index (χ2n) is 4.85. The molecule has 0 unspecified atom stereocenters. The highest BCUT2D eigenvalue weighted by molar-refractivity contribution is 5.90. The van der Waals surface area contributed by atoms with Crippen molar-refractivity contribution >= 4 is 5.97 Å². The standard InChI is InChI=1S/C15H15NO2.ClHO4/c1-10-8-11(2)16(12(3)9-10)14-7-5-4-6-13(14)15(17)18;2-1(3,4)5/h4-9H,1-3H3;(H,2,3,4,5). The van der Waals surface area contributed by atoms with Crippen LogP contribution in [-0.2, 0) is 0 Å². The number of para-hydroxylation sites is 1. The van der Waals surface area contributed by atoms with Crippen molar-refractivity contribution < 1.29 is 43.3 Å². The van der Waals surface area contributed by atoms with Gasteiger partial charge in [0, 0.05) is 32.0 Å². The van der Waals surface area contributed by atoms with Gasteiger partial charge in [-0.25, -0.2) is 23.4 Å². The number of pyridine rings is 1. The van der Waals surface area contributed by atoms with Gasteiger partial charge in [0.25, 0.3) is 0 Å². The maximum Gasteiger partial charge on any atom is 0.342 e. The molecule has 1 N–H and O–H groups in total. The molecule has 23 heavy (non-hydrogen) atoms. The summed E-state index contributed by atoms with van der Waals surface area (Å²) >= 11 is 0. The van der Waals surface area contributed by atoms with Crippen LogP contribution in [0.5, 0.6) is 0 Å². The summed E-state index contributed by atoms with van der Waals surface area (Å²) in [6.45, 7) is 6.00. The molecule has 0 aliphatic carbocycles. The first-order valence-corrected chi connectivity index (χ1v) is 7.68. The molecule has 0 atom stereocenters. The lowest BCUT2D eigenvalue weighted by molar-refractivity contribution is -2.00. The summed E-state index contributed by atoms with van der Waals surface area (Å²) in [4.78, 5) is 11.3. The van der Waals surface area contributed by atoms with Crippen LogP contribution >= 0.6 is 0 Å². The molecule has 0 fully saturated rings. The molecular weight excluding hydrogens is 326 g/mol. The van der Waals surface area contributed by atoms with Crippen LogP contribution in [-0.4, -0.2) is 11.1 Å². The molecule has 0 saturated heterocycles. The number of rotatable bonds is 2. The van der Waals surface area contributed by atoms with Crippen molar-refractivity contribution in [1.29, 1.82) is 0 Å². The van der Waals surface area contributed by atoms with E-state index in [0.717, 1.165) is 11.4 Å². The van der Waals surface area contributed by atoms with Gasteiger partial charge in [-0.15, -0.1) is 10.2 Å². The summed E-state index contributed by atoms with van der Waals surface area (Å²) in [5.41, 5.74) is 4.26. The number of carbonyl (C=O) groups is 1.